The lowest BCUT2D eigenvalue weighted by molar-refractivity contribution is -0.113. The number of halogens is 3. The molecule has 0 bridgehead atoms. The highest BCUT2D eigenvalue weighted by atomic mass is 35.5. The molecule has 0 aliphatic heterocycles. The number of thioether (sulfide) groups is 1. The number of nitrogens with one attached hydrogen (secondary N) is 1. The van der Waals surface area contributed by atoms with E-state index in [-0.39, 0.29) is 11.7 Å². The molecule has 0 fully saturated rings. The molecule has 0 aliphatic rings. The molecule has 0 unspecified atom stereocenters. The van der Waals surface area contributed by atoms with Crippen LogP contribution in [-0.2, 0) is 11.3 Å². The summed E-state index contributed by atoms with van der Waals surface area (Å²) >= 11 is 19.6. The zero-order chi connectivity index (χ0) is 21.7. The van der Waals surface area contributed by atoms with Crippen LogP contribution in [0.5, 0.6) is 5.75 Å². The number of benzene rings is 2. The summed E-state index contributed by atoms with van der Waals surface area (Å²) in [5.41, 5.74) is 1.19. The van der Waals surface area contributed by atoms with Crippen LogP contribution in [0.4, 0.5) is 5.69 Å². The Labute approximate surface area is 193 Å². The first-order valence-corrected chi connectivity index (χ1v) is 10.8. The number of carbonyl (C=O) groups excluding carboxylic acids is 1. The number of nitrogens with zero attached hydrogens (tertiary/aromatic N) is 3. The second-order valence-corrected chi connectivity index (χ2v) is 8.23. The Kier molecular flexibility index (Phi) is 7.66. The lowest BCUT2D eigenvalue weighted by Gasteiger charge is -2.11. The first kappa shape index (κ1) is 22.5. The van der Waals surface area contributed by atoms with E-state index in [2.05, 4.69) is 22.1 Å². The maximum Gasteiger partial charge on any atom is 0.234 e. The fourth-order valence-electron chi connectivity index (χ4n) is 2.65. The summed E-state index contributed by atoms with van der Waals surface area (Å²) in [7, 11) is 1.52. The number of hydrogen-bond acceptors (Lipinski definition) is 5. The van der Waals surface area contributed by atoms with E-state index < -0.39 is 0 Å². The van der Waals surface area contributed by atoms with Crippen LogP contribution in [-0.4, -0.2) is 33.5 Å². The third kappa shape index (κ3) is 5.29. The van der Waals surface area contributed by atoms with E-state index in [1.165, 1.54) is 18.9 Å². The third-order valence-corrected chi connectivity index (χ3v) is 5.72. The lowest BCUT2D eigenvalue weighted by atomic mass is 10.2. The van der Waals surface area contributed by atoms with Crippen molar-refractivity contribution in [1.82, 2.24) is 14.8 Å². The van der Waals surface area contributed by atoms with Crippen molar-refractivity contribution in [1.29, 1.82) is 0 Å². The summed E-state index contributed by atoms with van der Waals surface area (Å²) in [6.07, 6.45) is 1.72. The van der Waals surface area contributed by atoms with Crippen molar-refractivity contribution in [2.75, 3.05) is 18.2 Å². The molecule has 0 aliphatic carbocycles. The Bertz CT molecular complexity index is 1090. The molecule has 10 heteroatoms. The summed E-state index contributed by atoms with van der Waals surface area (Å²) < 4.78 is 7.08. The van der Waals surface area contributed by atoms with Gasteiger partial charge < -0.3 is 10.1 Å². The predicted octanol–water partition coefficient (Wildman–Crippen LogP) is 5.83. The number of ether oxygens (including phenoxy) is 1. The molecule has 1 N–H and O–H groups in total. The summed E-state index contributed by atoms with van der Waals surface area (Å²) in [6.45, 7) is 4.23. The summed E-state index contributed by atoms with van der Waals surface area (Å²) in [4.78, 5) is 12.5. The standard InChI is InChI=1S/C20H17Cl3N4O2S/c1-3-8-27-19(14-6-4-12(21)9-15(14)23)25-26-20(27)30-11-18(28)24-16-10-13(22)5-7-17(16)29-2/h3-7,9-10H,1,8,11H2,2H3,(H,24,28). The SMILES string of the molecule is C=CCn1c(SCC(=O)Nc2cc(Cl)ccc2OC)nnc1-c1ccc(Cl)cc1Cl. The fourth-order valence-corrected chi connectivity index (χ4v) is 4.07. The van der Waals surface area contributed by atoms with Crippen LogP contribution >= 0.6 is 46.6 Å². The second kappa shape index (κ2) is 10.2. The smallest absolute Gasteiger partial charge is 0.234 e. The summed E-state index contributed by atoms with van der Waals surface area (Å²) in [5.74, 6) is 0.960. The number of anilines is 1. The molecule has 0 saturated heterocycles. The molecule has 1 aromatic heterocycles. The molecule has 30 heavy (non-hydrogen) atoms. The zero-order valence-corrected chi connectivity index (χ0v) is 18.9. The minimum Gasteiger partial charge on any atom is -0.495 e. The molecule has 3 aromatic rings. The van der Waals surface area contributed by atoms with Crippen LogP contribution in [0.3, 0.4) is 0 Å². The Morgan fingerprint density at radius 1 is 1.20 bits per heavy atom. The minimum absolute atomic E-state index is 0.110. The molecular formula is C20H17Cl3N4O2S. The number of methoxy groups -OCH3 is 1. The maximum atomic E-state index is 12.5. The van der Waals surface area contributed by atoms with Crippen molar-refractivity contribution >= 4 is 58.2 Å². The molecule has 0 spiro atoms. The van der Waals surface area contributed by atoms with Gasteiger partial charge in [-0.15, -0.1) is 16.8 Å². The first-order valence-electron chi connectivity index (χ1n) is 8.68. The van der Waals surface area contributed by atoms with Gasteiger partial charge in [0.05, 0.1) is 23.6 Å². The number of allylic oxidation sites excluding steroid dienone is 1. The van der Waals surface area contributed by atoms with Gasteiger partial charge in [0.15, 0.2) is 11.0 Å². The van der Waals surface area contributed by atoms with Crippen LogP contribution in [0.25, 0.3) is 11.4 Å². The molecule has 2 aromatic carbocycles. The molecule has 0 saturated carbocycles. The zero-order valence-electron chi connectivity index (χ0n) is 15.9. The first-order chi connectivity index (χ1) is 14.4. The number of aromatic nitrogens is 3. The molecule has 156 valence electrons. The van der Waals surface area contributed by atoms with Crippen LogP contribution in [0.1, 0.15) is 0 Å². The fraction of sp³-hybridized carbons (Fsp3) is 0.150. The van der Waals surface area contributed by atoms with E-state index in [4.69, 9.17) is 39.5 Å². The number of carbonyl (C=O) groups is 1. The van der Waals surface area contributed by atoms with Crippen LogP contribution in [0, 0.1) is 0 Å². The molecule has 0 atom stereocenters. The quantitative estimate of drug-likeness (QED) is 0.322. The van der Waals surface area contributed by atoms with Gasteiger partial charge in [-0.25, -0.2) is 0 Å². The van der Waals surface area contributed by atoms with E-state index in [0.29, 0.717) is 49.6 Å². The van der Waals surface area contributed by atoms with E-state index in [9.17, 15) is 4.79 Å². The molecule has 6 nitrogen and oxygen atoms in total. The Hall–Kier alpha value is -2.19. The van der Waals surface area contributed by atoms with E-state index in [1.807, 2.05) is 4.57 Å². The Morgan fingerprint density at radius 2 is 1.93 bits per heavy atom. The molecular weight excluding hydrogens is 467 g/mol. The monoisotopic (exact) mass is 482 g/mol. The van der Waals surface area contributed by atoms with Gasteiger partial charge in [0.1, 0.15) is 5.75 Å². The highest BCUT2D eigenvalue weighted by Crippen LogP contribution is 2.32. The van der Waals surface area contributed by atoms with Crippen molar-refractivity contribution in [2.24, 2.45) is 0 Å². The highest BCUT2D eigenvalue weighted by Gasteiger charge is 2.17. The van der Waals surface area contributed by atoms with Gasteiger partial charge in [0.2, 0.25) is 5.91 Å². The third-order valence-electron chi connectivity index (χ3n) is 3.97. The van der Waals surface area contributed by atoms with Crippen LogP contribution in [0.2, 0.25) is 15.1 Å². The topological polar surface area (TPSA) is 69.0 Å². The Balaban J connectivity index is 1.77. The van der Waals surface area contributed by atoms with E-state index >= 15 is 0 Å². The van der Waals surface area contributed by atoms with Gasteiger partial charge in [-0.1, -0.05) is 52.6 Å². The molecule has 0 radical (unpaired) electrons. The van der Waals surface area contributed by atoms with Gasteiger partial charge in [0.25, 0.3) is 0 Å². The summed E-state index contributed by atoms with van der Waals surface area (Å²) in [6, 6.07) is 10.2. The Morgan fingerprint density at radius 3 is 2.63 bits per heavy atom. The van der Waals surface area contributed by atoms with E-state index in [1.54, 1.807) is 42.5 Å². The van der Waals surface area contributed by atoms with Crippen molar-refractivity contribution in [3.05, 3.63) is 64.1 Å². The second-order valence-electron chi connectivity index (χ2n) is 6.01. The predicted molar refractivity (Wildman–Crippen MR) is 123 cm³/mol. The number of hydrogen-bond donors (Lipinski definition) is 1. The van der Waals surface area contributed by atoms with Gasteiger partial charge in [-0.3, -0.25) is 9.36 Å². The lowest BCUT2D eigenvalue weighted by Crippen LogP contribution is -2.15. The van der Waals surface area contributed by atoms with Gasteiger partial charge in [-0.2, -0.15) is 0 Å². The maximum absolute atomic E-state index is 12.5. The average Bonchev–Trinajstić information content (AvgIpc) is 3.09. The van der Waals surface area contributed by atoms with Gasteiger partial charge >= 0.3 is 0 Å². The molecule has 1 heterocycles. The average molecular weight is 484 g/mol. The highest BCUT2D eigenvalue weighted by molar-refractivity contribution is 7.99. The van der Waals surface area contributed by atoms with Crippen LogP contribution < -0.4 is 10.1 Å². The van der Waals surface area contributed by atoms with E-state index in [0.717, 1.165) is 0 Å². The molecule has 3 rings (SSSR count). The van der Waals surface area contributed by atoms with Crippen molar-refractivity contribution in [3.63, 3.8) is 0 Å². The largest absolute Gasteiger partial charge is 0.495 e. The van der Waals surface area contributed by atoms with Crippen molar-refractivity contribution < 1.29 is 9.53 Å². The van der Waals surface area contributed by atoms with Crippen molar-refractivity contribution in [2.45, 2.75) is 11.7 Å². The van der Waals surface area contributed by atoms with Crippen LogP contribution in [0.15, 0.2) is 54.2 Å². The van der Waals surface area contributed by atoms with Crippen molar-refractivity contribution in [3.8, 4) is 17.1 Å². The number of amides is 1. The summed E-state index contributed by atoms with van der Waals surface area (Å²) in [5, 5.41) is 13.3. The van der Waals surface area contributed by atoms with Gasteiger partial charge in [-0.05, 0) is 36.4 Å². The number of rotatable bonds is 8. The molecule has 1 amide bonds. The normalized spacial score (nSPS) is 10.7. The van der Waals surface area contributed by atoms with Gasteiger partial charge in [0, 0.05) is 22.2 Å². The minimum atomic E-state index is -0.236.